The van der Waals surface area contributed by atoms with E-state index < -0.39 is 22.7 Å². The SMILES string of the molecule is Cc1ccc(-c2nc(C(F)(F)F)c(C(=O)O)s2)cc1Cl. The average Bonchev–Trinajstić information content (AvgIpc) is 2.77. The predicted molar refractivity (Wildman–Crippen MR) is 69.3 cm³/mol. The third kappa shape index (κ3) is 2.78. The maximum absolute atomic E-state index is 12.7. The van der Waals surface area contributed by atoms with Gasteiger partial charge >= 0.3 is 12.1 Å². The lowest BCUT2D eigenvalue weighted by Crippen LogP contribution is -2.11. The molecule has 2 aromatic rings. The molecule has 1 aromatic heterocycles. The molecule has 0 fully saturated rings. The Morgan fingerprint density at radius 2 is 2.05 bits per heavy atom. The largest absolute Gasteiger partial charge is 0.477 e. The van der Waals surface area contributed by atoms with Crippen LogP contribution in [0.2, 0.25) is 5.02 Å². The Balaban J connectivity index is 2.58. The molecule has 0 aliphatic rings. The molecule has 0 spiro atoms. The van der Waals surface area contributed by atoms with Crippen LogP contribution in [0.15, 0.2) is 18.2 Å². The lowest BCUT2D eigenvalue weighted by molar-refractivity contribution is -0.141. The molecule has 0 saturated carbocycles. The summed E-state index contributed by atoms with van der Waals surface area (Å²) in [6, 6.07) is 4.64. The molecule has 106 valence electrons. The van der Waals surface area contributed by atoms with Crippen LogP contribution in [0.5, 0.6) is 0 Å². The normalized spacial score (nSPS) is 11.7. The van der Waals surface area contributed by atoms with Crippen molar-refractivity contribution in [1.29, 1.82) is 0 Å². The van der Waals surface area contributed by atoms with Crippen LogP contribution in [0.25, 0.3) is 10.6 Å². The summed E-state index contributed by atoms with van der Waals surface area (Å²) in [6.45, 7) is 1.75. The number of aryl methyl sites for hydroxylation is 1. The van der Waals surface area contributed by atoms with Gasteiger partial charge in [0.25, 0.3) is 0 Å². The van der Waals surface area contributed by atoms with Gasteiger partial charge in [-0.2, -0.15) is 13.2 Å². The zero-order valence-corrected chi connectivity index (χ0v) is 11.5. The van der Waals surface area contributed by atoms with E-state index in [-0.39, 0.29) is 5.01 Å². The maximum atomic E-state index is 12.7. The summed E-state index contributed by atoms with van der Waals surface area (Å²) in [4.78, 5) is 13.4. The van der Waals surface area contributed by atoms with Gasteiger partial charge in [0.15, 0.2) is 5.69 Å². The summed E-state index contributed by atoms with van der Waals surface area (Å²) < 4.78 is 38.2. The van der Waals surface area contributed by atoms with E-state index >= 15 is 0 Å². The van der Waals surface area contributed by atoms with Gasteiger partial charge in [0, 0.05) is 10.6 Å². The van der Waals surface area contributed by atoms with Crippen LogP contribution in [-0.2, 0) is 6.18 Å². The Hall–Kier alpha value is -1.60. The van der Waals surface area contributed by atoms with E-state index in [0.29, 0.717) is 21.9 Å². The highest BCUT2D eigenvalue weighted by molar-refractivity contribution is 7.17. The van der Waals surface area contributed by atoms with Gasteiger partial charge in [-0.3, -0.25) is 0 Å². The van der Waals surface area contributed by atoms with Crippen molar-refractivity contribution in [2.24, 2.45) is 0 Å². The van der Waals surface area contributed by atoms with Crippen LogP contribution in [0, 0.1) is 6.92 Å². The standard InChI is InChI=1S/C12H7ClF3NO2S/c1-5-2-3-6(4-7(5)13)10-17-9(12(14,15)16)8(20-10)11(18)19/h2-4H,1H3,(H,18,19). The second-order valence-corrected chi connectivity index (χ2v) is 5.37. The van der Waals surface area contributed by atoms with Gasteiger partial charge in [-0.05, 0) is 18.6 Å². The molecular weight excluding hydrogens is 315 g/mol. The van der Waals surface area contributed by atoms with Crippen LogP contribution in [0.1, 0.15) is 20.9 Å². The summed E-state index contributed by atoms with van der Waals surface area (Å²) in [5.74, 6) is -1.65. The predicted octanol–water partition coefficient (Wildman–Crippen LogP) is 4.49. The molecule has 20 heavy (non-hydrogen) atoms. The Bertz CT molecular complexity index is 682. The smallest absolute Gasteiger partial charge is 0.435 e. The molecule has 8 heteroatoms. The molecule has 0 atom stereocenters. The first-order chi connectivity index (χ1) is 9.20. The summed E-state index contributed by atoms with van der Waals surface area (Å²) in [6.07, 6.45) is -4.81. The van der Waals surface area contributed by atoms with Crippen molar-refractivity contribution in [3.8, 4) is 10.6 Å². The van der Waals surface area contributed by atoms with Gasteiger partial charge < -0.3 is 5.11 Å². The molecule has 0 radical (unpaired) electrons. The fourth-order valence-corrected chi connectivity index (χ4v) is 2.61. The lowest BCUT2D eigenvalue weighted by atomic mass is 10.1. The minimum atomic E-state index is -4.81. The van der Waals surface area contributed by atoms with E-state index in [1.807, 2.05) is 0 Å². The molecule has 3 nitrogen and oxygen atoms in total. The fourth-order valence-electron chi connectivity index (χ4n) is 1.51. The number of carboxylic acids is 1. The Morgan fingerprint density at radius 3 is 2.50 bits per heavy atom. The van der Waals surface area contributed by atoms with Crippen molar-refractivity contribution < 1.29 is 23.1 Å². The molecule has 1 N–H and O–H groups in total. The molecule has 0 aliphatic carbocycles. The van der Waals surface area contributed by atoms with Crippen molar-refractivity contribution >= 4 is 28.9 Å². The van der Waals surface area contributed by atoms with Crippen molar-refractivity contribution in [2.75, 3.05) is 0 Å². The second kappa shape index (κ2) is 5.06. The molecule has 2 rings (SSSR count). The molecule has 0 unspecified atom stereocenters. The number of thiazole rings is 1. The van der Waals surface area contributed by atoms with Crippen LogP contribution < -0.4 is 0 Å². The molecule has 0 aliphatic heterocycles. The average molecular weight is 322 g/mol. The number of hydrogen-bond acceptors (Lipinski definition) is 3. The number of alkyl halides is 3. The lowest BCUT2D eigenvalue weighted by Gasteiger charge is -2.03. The highest BCUT2D eigenvalue weighted by Gasteiger charge is 2.39. The highest BCUT2D eigenvalue weighted by Crippen LogP contribution is 2.38. The molecule has 1 aromatic carbocycles. The molecule has 0 saturated heterocycles. The van der Waals surface area contributed by atoms with Gasteiger partial charge in [0.2, 0.25) is 0 Å². The highest BCUT2D eigenvalue weighted by atomic mass is 35.5. The minimum absolute atomic E-state index is 0.0309. The number of carboxylic acid groups (broad SMARTS) is 1. The third-order valence-corrected chi connectivity index (χ3v) is 4.01. The molecule has 0 bridgehead atoms. The third-order valence-electron chi connectivity index (χ3n) is 2.51. The number of benzene rings is 1. The van der Waals surface area contributed by atoms with Gasteiger partial charge in [0.05, 0.1) is 0 Å². The van der Waals surface area contributed by atoms with E-state index in [9.17, 15) is 18.0 Å². The number of aromatic carboxylic acids is 1. The molecule has 1 heterocycles. The Kier molecular flexibility index (Phi) is 3.75. The first-order valence-corrected chi connectivity index (χ1v) is 6.47. The van der Waals surface area contributed by atoms with E-state index in [2.05, 4.69) is 4.98 Å². The van der Waals surface area contributed by atoms with Gasteiger partial charge in [-0.25, -0.2) is 9.78 Å². The molecule has 0 amide bonds. The van der Waals surface area contributed by atoms with Crippen molar-refractivity contribution in [3.63, 3.8) is 0 Å². The monoisotopic (exact) mass is 321 g/mol. The quantitative estimate of drug-likeness (QED) is 0.886. The fraction of sp³-hybridized carbons (Fsp3) is 0.167. The van der Waals surface area contributed by atoms with Crippen LogP contribution in [-0.4, -0.2) is 16.1 Å². The van der Waals surface area contributed by atoms with Gasteiger partial charge in [-0.1, -0.05) is 23.7 Å². The zero-order valence-electron chi connectivity index (χ0n) is 9.95. The van der Waals surface area contributed by atoms with Gasteiger partial charge in [0.1, 0.15) is 9.88 Å². The number of carbonyl (C=O) groups is 1. The maximum Gasteiger partial charge on any atom is 0.435 e. The van der Waals surface area contributed by atoms with E-state index in [1.54, 1.807) is 19.1 Å². The van der Waals surface area contributed by atoms with E-state index in [1.165, 1.54) is 6.07 Å². The topological polar surface area (TPSA) is 50.2 Å². The summed E-state index contributed by atoms with van der Waals surface area (Å²) in [7, 11) is 0. The number of halogens is 4. The van der Waals surface area contributed by atoms with Crippen molar-refractivity contribution in [2.45, 2.75) is 13.1 Å². The Morgan fingerprint density at radius 1 is 1.40 bits per heavy atom. The number of nitrogens with zero attached hydrogens (tertiary/aromatic N) is 1. The summed E-state index contributed by atoms with van der Waals surface area (Å²) in [5.41, 5.74) is -0.272. The molecular formula is C12H7ClF3NO2S. The van der Waals surface area contributed by atoms with Crippen molar-refractivity contribution in [1.82, 2.24) is 4.98 Å². The second-order valence-electron chi connectivity index (χ2n) is 3.96. The van der Waals surface area contributed by atoms with E-state index in [4.69, 9.17) is 16.7 Å². The van der Waals surface area contributed by atoms with E-state index in [0.717, 1.165) is 5.56 Å². The summed E-state index contributed by atoms with van der Waals surface area (Å²) >= 11 is 6.37. The Labute approximate surface area is 120 Å². The van der Waals surface area contributed by atoms with Crippen LogP contribution in [0.4, 0.5) is 13.2 Å². The van der Waals surface area contributed by atoms with Crippen molar-refractivity contribution in [3.05, 3.63) is 39.4 Å². The van der Waals surface area contributed by atoms with Crippen LogP contribution in [0.3, 0.4) is 0 Å². The first-order valence-electron chi connectivity index (χ1n) is 5.28. The number of hydrogen-bond donors (Lipinski definition) is 1. The first kappa shape index (κ1) is 14.8. The number of rotatable bonds is 2. The van der Waals surface area contributed by atoms with Gasteiger partial charge in [-0.15, -0.1) is 11.3 Å². The number of aromatic nitrogens is 1. The zero-order chi connectivity index (χ0) is 15.1. The summed E-state index contributed by atoms with van der Waals surface area (Å²) in [5, 5.41) is 9.18. The minimum Gasteiger partial charge on any atom is -0.477 e. The van der Waals surface area contributed by atoms with Crippen LogP contribution >= 0.6 is 22.9 Å².